The Balaban J connectivity index is 1.12. The fourth-order valence-electron chi connectivity index (χ4n) is 6.53. The maximum absolute atomic E-state index is 14.2. The Labute approximate surface area is 334 Å². The number of carboxylic acid groups (broad SMARTS) is 1. The van der Waals surface area contributed by atoms with E-state index >= 15 is 0 Å². The molecule has 57 heavy (non-hydrogen) atoms. The zero-order valence-corrected chi connectivity index (χ0v) is 31.2. The molecule has 2 unspecified atom stereocenters. The number of carboxylic acids is 1. The highest BCUT2D eigenvalue weighted by atomic mass is 35.5. The van der Waals surface area contributed by atoms with E-state index in [1.54, 1.807) is 60.7 Å². The van der Waals surface area contributed by atoms with E-state index in [2.05, 4.69) is 41.7 Å². The second kappa shape index (κ2) is 17.2. The van der Waals surface area contributed by atoms with Gasteiger partial charge in [-0.15, -0.1) is 10.2 Å². The lowest BCUT2D eigenvalue weighted by molar-refractivity contribution is -0.137. The van der Waals surface area contributed by atoms with Gasteiger partial charge < -0.3 is 20.6 Å². The summed E-state index contributed by atoms with van der Waals surface area (Å²) in [6.07, 6.45) is 9.99. The van der Waals surface area contributed by atoms with Crippen molar-refractivity contribution in [2.24, 2.45) is 0 Å². The fourth-order valence-corrected chi connectivity index (χ4v) is 6.89. The molecule has 0 aliphatic carbocycles. The predicted octanol–water partition coefficient (Wildman–Crippen LogP) is 5.72. The molecule has 0 saturated carbocycles. The highest BCUT2D eigenvalue weighted by Gasteiger charge is 2.39. The Morgan fingerprint density at radius 2 is 1.28 bits per heavy atom. The highest BCUT2D eigenvalue weighted by molar-refractivity contribution is 6.31. The molecule has 0 bridgehead atoms. The Bertz CT molecular complexity index is 2470. The summed E-state index contributed by atoms with van der Waals surface area (Å²) in [6.45, 7) is 0.299. The van der Waals surface area contributed by atoms with Crippen molar-refractivity contribution in [3.8, 4) is 11.4 Å². The molecule has 1 aliphatic heterocycles. The van der Waals surface area contributed by atoms with Crippen LogP contribution in [0.1, 0.15) is 45.8 Å². The van der Waals surface area contributed by atoms with Crippen molar-refractivity contribution in [1.29, 1.82) is 0 Å². The molecule has 4 aromatic carbocycles. The number of halogens is 2. The summed E-state index contributed by atoms with van der Waals surface area (Å²) in [5, 5.41) is 38.5. The molecule has 3 N–H and O–H groups in total. The molecule has 3 amide bonds. The van der Waals surface area contributed by atoms with Gasteiger partial charge in [-0.2, -0.15) is 9.36 Å². The van der Waals surface area contributed by atoms with Crippen LogP contribution in [0.25, 0.3) is 23.5 Å². The molecule has 0 spiro atoms. The number of benzene rings is 4. The summed E-state index contributed by atoms with van der Waals surface area (Å²) in [4.78, 5) is 54.1. The number of rotatable bonds is 11. The summed E-state index contributed by atoms with van der Waals surface area (Å²) in [5.41, 5.74) is 4.12. The third-order valence-electron chi connectivity index (χ3n) is 9.18. The van der Waals surface area contributed by atoms with Crippen molar-refractivity contribution in [2.45, 2.75) is 24.8 Å². The number of likely N-dealkylation sites (tertiary alicyclic amines) is 1. The van der Waals surface area contributed by atoms with Gasteiger partial charge >= 0.3 is 5.97 Å². The van der Waals surface area contributed by atoms with Crippen molar-refractivity contribution >= 4 is 70.4 Å². The number of aromatic nitrogens is 8. The Morgan fingerprint density at radius 1 is 0.719 bits per heavy atom. The highest BCUT2D eigenvalue weighted by Crippen LogP contribution is 2.35. The molecular formula is C39H31Cl2N11O5. The molecule has 286 valence electrons. The van der Waals surface area contributed by atoms with E-state index in [0.717, 1.165) is 5.56 Å². The van der Waals surface area contributed by atoms with E-state index in [0.29, 0.717) is 63.3 Å². The maximum atomic E-state index is 14.2. The van der Waals surface area contributed by atoms with Crippen LogP contribution in [0.5, 0.6) is 0 Å². The third-order valence-corrected chi connectivity index (χ3v) is 9.65. The van der Waals surface area contributed by atoms with Gasteiger partial charge in [0.25, 0.3) is 0 Å². The van der Waals surface area contributed by atoms with Gasteiger partial charge in [0.05, 0.1) is 16.9 Å². The Morgan fingerprint density at radius 3 is 1.84 bits per heavy atom. The van der Waals surface area contributed by atoms with E-state index in [1.165, 1.54) is 63.3 Å². The minimum atomic E-state index is -1.10. The van der Waals surface area contributed by atoms with E-state index in [1.807, 2.05) is 12.1 Å². The fraction of sp³-hybridized carbons (Fsp3) is 0.128. The molecule has 1 aliphatic rings. The number of piperidine rings is 1. The van der Waals surface area contributed by atoms with Gasteiger partial charge in [0.15, 0.2) is 0 Å². The number of anilines is 2. The lowest BCUT2D eigenvalue weighted by Crippen LogP contribution is -2.53. The first-order valence-corrected chi connectivity index (χ1v) is 18.2. The van der Waals surface area contributed by atoms with Crippen molar-refractivity contribution in [3.05, 3.63) is 142 Å². The number of carbonyl (C=O) groups is 4. The Hall–Kier alpha value is -7.04. The van der Waals surface area contributed by atoms with Crippen molar-refractivity contribution in [1.82, 2.24) is 45.3 Å². The van der Waals surface area contributed by atoms with Crippen molar-refractivity contribution in [2.75, 3.05) is 17.2 Å². The number of hydrogen-bond donors (Lipinski definition) is 3. The van der Waals surface area contributed by atoms with Crippen molar-refractivity contribution in [3.63, 3.8) is 0 Å². The zero-order valence-electron chi connectivity index (χ0n) is 29.7. The monoisotopic (exact) mass is 803 g/mol. The maximum Gasteiger partial charge on any atom is 0.335 e. The molecule has 1 fully saturated rings. The average molecular weight is 805 g/mol. The van der Waals surface area contributed by atoms with Gasteiger partial charge in [0.1, 0.15) is 18.7 Å². The molecule has 2 aromatic heterocycles. The van der Waals surface area contributed by atoms with Crippen LogP contribution < -0.4 is 10.6 Å². The van der Waals surface area contributed by atoms with Gasteiger partial charge in [-0.05, 0) is 124 Å². The van der Waals surface area contributed by atoms with Gasteiger partial charge in [0, 0.05) is 57.2 Å². The summed E-state index contributed by atoms with van der Waals surface area (Å²) < 4.78 is 2.90. The summed E-state index contributed by atoms with van der Waals surface area (Å²) in [6, 6.07) is 22.1. The molecule has 0 radical (unpaired) electrons. The van der Waals surface area contributed by atoms with Crippen LogP contribution in [0.15, 0.2) is 110 Å². The van der Waals surface area contributed by atoms with Gasteiger partial charge in [-0.3, -0.25) is 14.4 Å². The largest absolute Gasteiger partial charge is 0.478 e. The number of carbonyl (C=O) groups excluding carboxylic acids is 3. The smallest absolute Gasteiger partial charge is 0.335 e. The van der Waals surface area contributed by atoms with Crippen LogP contribution in [-0.2, 0) is 14.4 Å². The quantitative estimate of drug-likeness (QED) is 0.135. The normalized spacial score (nSPS) is 15.5. The van der Waals surface area contributed by atoms with Gasteiger partial charge in [-0.1, -0.05) is 35.3 Å². The first-order chi connectivity index (χ1) is 27.6. The lowest BCUT2D eigenvalue weighted by atomic mass is 9.82. The second-order valence-electron chi connectivity index (χ2n) is 12.8. The minimum absolute atomic E-state index is 0.0637. The summed E-state index contributed by atoms with van der Waals surface area (Å²) in [7, 11) is 0. The Kier molecular flexibility index (Phi) is 11.5. The number of tetrazole rings is 2. The number of hydrogen-bond acceptors (Lipinski definition) is 10. The second-order valence-corrected chi connectivity index (χ2v) is 13.7. The molecule has 16 nitrogen and oxygen atoms in total. The molecule has 7 rings (SSSR count). The SMILES string of the molecule is O=C(/C=C/c1cc(Cl)ccc1-n1cnnn1)Nc1ccc(C2CCCN(C(=O)/C=C/c3cc(Cl)ccc3-n3cnnn3)C2C(=O)Nc2ccc(C(=O)O)cc2)cc1. The van der Waals surface area contributed by atoms with Gasteiger partial charge in [-0.25, -0.2) is 4.79 Å². The first kappa shape index (κ1) is 38.2. The average Bonchev–Trinajstić information content (AvgIpc) is 3.96. The minimum Gasteiger partial charge on any atom is -0.478 e. The van der Waals surface area contributed by atoms with E-state index in [4.69, 9.17) is 23.2 Å². The molecule has 1 saturated heterocycles. The lowest BCUT2D eigenvalue weighted by Gasteiger charge is -2.40. The molecule has 18 heteroatoms. The van der Waals surface area contributed by atoms with Crippen LogP contribution in [0.4, 0.5) is 11.4 Å². The van der Waals surface area contributed by atoms with Crippen LogP contribution in [-0.4, -0.2) is 86.7 Å². The van der Waals surface area contributed by atoms with Gasteiger partial charge in [0.2, 0.25) is 17.7 Å². The van der Waals surface area contributed by atoms with E-state index < -0.39 is 35.7 Å². The molecular weight excluding hydrogens is 773 g/mol. The summed E-state index contributed by atoms with van der Waals surface area (Å²) >= 11 is 12.5. The molecule has 6 aromatic rings. The van der Waals surface area contributed by atoms with Crippen molar-refractivity contribution < 1.29 is 24.3 Å². The number of aromatic carboxylic acids is 1. The first-order valence-electron chi connectivity index (χ1n) is 17.4. The van der Waals surface area contributed by atoms with E-state index in [-0.39, 0.29) is 5.56 Å². The zero-order chi connectivity index (χ0) is 39.9. The summed E-state index contributed by atoms with van der Waals surface area (Å²) in [5.74, 6) is -2.80. The predicted molar refractivity (Wildman–Crippen MR) is 211 cm³/mol. The standard InChI is InChI=1S/C39H31Cl2N11O5/c40-28-9-15-33(51-22-42-46-48-51)26(20-28)7-17-35(53)44-30-11-3-24(4-12-30)32-2-1-19-50(37(32)38(55)45-31-13-5-25(6-14-31)39(56)57)36(54)18-8-27-21-29(41)10-16-34(27)52-23-43-47-49-52/h3-18,20-23,32,37H,1-2,19H2,(H,44,53)(H,45,55)(H,56,57)/b17-7+,18-8+. The van der Waals surface area contributed by atoms with Crippen LogP contribution in [0.3, 0.4) is 0 Å². The van der Waals surface area contributed by atoms with Crippen LogP contribution in [0, 0.1) is 0 Å². The molecule has 3 heterocycles. The van der Waals surface area contributed by atoms with Crippen LogP contribution >= 0.6 is 23.2 Å². The number of nitrogens with zero attached hydrogens (tertiary/aromatic N) is 9. The molecule has 2 atom stereocenters. The number of nitrogens with one attached hydrogen (secondary N) is 2. The van der Waals surface area contributed by atoms with Crippen LogP contribution in [0.2, 0.25) is 10.0 Å². The van der Waals surface area contributed by atoms with E-state index in [9.17, 15) is 24.3 Å². The third kappa shape index (κ3) is 9.09. The number of amides is 3. The topological polar surface area (TPSA) is 203 Å².